The Kier molecular flexibility index (Phi) is 4.06. The van der Waals surface area contributed by atoms with Crippen LogP contribution in [0.3, 0.4) is 0 Å². The molecule has 11 heavy (non-hydrogen) atoms. The number of ether oxygens (including phenoxy) is 1. The number of hydrogen-bond donors (Lipinski definition) is 1. The van der Waals surface area contributed by atoms with Crippen LogP contribution < -0.4 is 0 Å². The average Bonchev–Trinajstić information content (AvgIpc) is 1.85. The topological polar surface area (TPSA) is 80.7 Å². The minimum atomic E-state index is -4.03. The first-order chi connectivity index (χ1) is 4.95. The molecule has 0 aliphatic heterocycles. The third-order valence-corrected chi connectivity index (χ3v) is 1.49. The van der Waals surface area contributed by atoms with Crippen molar-refractivity contribution in [3.8, 4) is 0 Å². The van der Waals surface area contributed by atoms with Gasteiger partial charge in [-0.25, -0.2) is 0 Å². The molecular formula is C5H9O5S. The fraction of sp³-hybridized carbons (Fsp3) is 0.600. The van der Waals surface area contributed by atoms with E-state index in [-0.39, 0.29) is 13.0 Å². The van der Waals surface area contributed by atoms with Crippen molar-refractivity contribution in [2.45, 2.75) is 6.42 Å². The molecule has 0 aromatic carbocycles. The standard InChI is InChI=1S/C5H9O5S/c1-2-5(6)10-3-4-11(7,8)9/h1-4H2,(H,7,8,9). The zero-order valence-electron chi connectivity index (χ0n) is 5.82. The number of carbonyl (C=O) groups is 1. The Balaban J connectivity index is 3.51. The lowest BCUT2D eigenvalue weighted by atomic mass is 10.5. The highest BCUT2D eigenvalue weighted by Gasteiger charge is 2.05. The maximum atomic E-state index is 10.3. The molecular weight excluding hydrogens is 172 g/mol. The Labute approximate surface area is 65.1 Å². The van der Waals surface area contributed by atoms with Gasteiger partial charge in [0.05, 0.1) is 0 Å². The predicted octanol–water partition coefficient (Wildman–Crippen LogP) is -0.358. The highest BCUT2D eigenvalue weighted by atomic mass is 32.2. The van der Waals surface area contributed by atoms with Gasteiger partial charge in [0, 0.05) is 6.42 Å². The summed E-state index contributed by atoms with van der Waals surface area (Å²) in [5, 5.41) is 0. The molecule has 0 heterocycles. The van der Waals surface area contributed by atoms with Gasteiger partial charge in [-0.1, -0.05) is 0 Å². The van der Waals surface area contributed by atoms with Crippen LogP contribution in [-0.4, -0.2) is 31.3 Å². The first-order valence-corrected chi connectivity index (χ1v) is 4.46. The summed E-state index contributed by atoms with van der Waals surface area (Å²) in [6.07, 6.45) is -0.0501. The zero-order chi connectivity index (χ0) is 8.91. The van der Waals surface area contributed by atoms with Crippen LogP contribution in [0.1, 0.15) is 6.42 Å². The molecule has 65 valence electrons. The highest BCUT2D eigenvalue weighted by molar-refractivity contribution is 7.85. The van der Waals surface area contributed by atoms with Crippen LogP contribution in [-0.2, 0) is 19.6 Å². The summed E-state index contributed by atoms with van der Waals surface area (Å²) < 4.78 is 32.6. The van der Waals surface area contributed by atoms with E-state index in [1.165, 1.54) is 0 Å². The summed E-state index contributed by atoms with van der Waals surface area (Å²) in [5.74, 6) is -1.16. The normalized spacial score (nSPS) is 11.1. The molecule has 0 fully saturated rings. The van der Waals surface area contributed by atoms with Crippen LogP contribution >= 0.6 is 0 Å². The fourth-order valence-electron chi connectivity index (χ4n) is 0.333. The van der Waals surface area contributed by atoms with Gasteiger partial charge in [-0.2, -0.15) is 8.42 Å². The van der Waals surface area contributed by atoms with Gasteiger partial charge in [0.2, 0.25) is 0 Å². The first kappa shape index (κ1) is 10.4. The molecule has 1 N–H and O–H groups in total. The Hall–Kier alpha value is -0.620. The highest BCUT2D eigenvalue weighted by Crippen LogP contribution is 1.86. The predicted molar refractivity (Wildman–Crippen MR) is 37.3 cm³/mol. The second-order valence-corrected chi connectivity index (χ2v) is 3.33. The van der Waals surface area contributed by atoms with E-state index < -0.39 is 21.8 Å². The molecule has 0 spiro atoms. The molecule has 0 aliphatic rings. The summed E-state index contributed by atoms with van der Waals surface area (Å²) >= 11 is 0. The molecule has 0 saturated heterocycles. The summed E-state index contributed by atoms with van der Waals surface area (Å²) in [5.41, 5.74) is 0. The molecule has 0 rings (SSSR count). The Morgan fingerprint density at radius 1 is 1.55 bits per heavy atom. The number of esters is 1. The van der Waals surface area contributed by atoms with E-state index in [1.54, 1.807) is 0 Å². The Morgan fingerprint density at radius 3 is 2.45 bits per heavy atom. The van der Waals surface area contributed by atoms with Crippen LogP contribution in [0.2, 0.25) is 0 Å². The zero-order valence-corrected chi connectivity index (χ0v) is 6.63. The van der Waals surface area contributed by atoms with Crippen molar-refractivity contribution in [1.82, 2.24) is 0 Å². The number of rotatable bonds is 4. The molecule has 0 aromatic rings. The number of carbonyl (C=O) groups excluding carboxylic acids is 1. The molecule has 0 amide bonds. The maximum Gasteiger partial charge on any atom is 0.305 e. The molecule has 5 nitrogen and oxygen atoms in total. The smallest absolute Gasteiger partial charge is 0.305 e. The monoisotopic (exact) mass is 181 g/mol. The van der Waals surface area contributed by atoms with Gasteiger partial charge in [0.25, 0.3) is 10.1 Å². The van der Waals surface area contributed by atoms with Crippen LogP contribution in [0.25, 0.3) is 0 Å². The molecule has 0 unspecified atom stereocenters. The lowest BCUT2D eigenvalue weighted by Crippen LogP contribution is -2.13. The molecule has 1 radical (unpaired) electrons. The van der Waals surface area contributed by atoms with Gasteiger partial charge in [-0.3, -0.25) is 9.35 Å². The van der Waals surface area contributed by atoms with E-state index in [1.807, 2.05) is 0 Å². The SMILES string of the molecule is [CH2]CC(=O)OCCS(=O)(=O)O. The van der Waals surface area contributed by atoms with Gasteiger partial charge in [0.15, 0.2) is 0 Å². The van der Waals surface area contributed by atoms with Gasteiger partial charge in [-0.15, -0.1) is 0 Å². The summed E-state index contributed by atoms with van der Waals surface area (Å²) in [7, 11) is -4.03. The van der Waals surface area contributed by atoms with Gasteiger partial charge < -0.3 is 4.74 Å². The lowest BCUT2D eigenvalue weighted by Gasteiger charge is -1.99. The van der Waals surface area contributed by atoms with Gasteiger partial charge in [-0.05, 0) is 6.92 Å². The summed E-state index contributed by atoms with van der Waals surface area (Å²) in [4.78, 5) is 10.3. The van der Waals surface area contributed by atoms with Crippen molar-refractivity contribution >= 4 is 16.1 Å². The minimum Gasteiger partial charge on any atom is -0.464 e. The quantitative estimate of drug-likeness (QED) is 0.473. The number of hydrogen-bond acceptors (Lipinski definition) is 4. The van der Waals surface area contributed by atoms with E-state index in [0.717, 1.165) is 0 Å². The average molecular weight is 181 g/mol. The second kappa shape index (κ2) is 4.30. The molecule has 0 atom stereocenters. The maximum absolute atomic E-state index is 10.3. The van der Waals surface area contributed by atoms with Crippen LogP contribution in [0.4, 0.5) is 0 Å². The van der Waals surface area contributed by atoms with Gasteiger partial charge >= 0.3 is 5.97 Å². The van der Waals surface area contributed by atoms with Crippen molar-refractivity contribution in [2.75, 3.05) is 12.4 Å². The van der Waals surface area contributed by atoms with Gasteiger partial charge in [0.1, 0.15) is 12.4 Å². The van der Waals surface area contributed by atoms with E-state index in [4.69, 9.17) is 4.55 Å². The van der Waals surface area contributed by atoms with E-state index >= 15 is 0 Å². The fourth-order valence-corrected chi connectivity index (χ4v) is 0.627. The lowest BCUT2D eigenvalue weighted by molar-refractivity contribution is -0.142. The molecule has 0 bridgehead atoms. The van der Waals surface area contributed by atoms with E-state index in [0.29, 0.717) is 0 Å². The van der Waals surface area contributed by atoms with Crippen molar-refractivity contribution in [1.29, 1.82) is 0 Å². The third kappa shape index (κ3) is 7.27. The van der Waals surface area contributed by atoms with Crippen LogP contribution in [0.5, 0.6) is 0 Å². The molecule has 0 aromatic heterocycles. The van der Waals surface area contributed by atoms with E-state index in [9.17, 15) is 13.2 Å². The first-order valence-electron chi connectivity index (χ1n) is 2.86. The van der Waals surface area contributed by atoms with Crippen molar-refractivity contribution in [3.63, 3.8) is 0 Å². The molecule has 6 heteroatoms. The summed E-state index contributed by atoms with van der Waals surface area (Å²) in [6.45, 7) is 2.89. The molecule has 0 saturated carbocycles. The van der Waals surface area contributed by atoms with Crippen molar-refractivity contribution < 1.29 is 22.5 Å². The second-order valence-electron chi connectivity index (χ2n) is 1.76. The largest absolute Gasteiger partial charge is 0.464 e. The minimum absolute atomic E-state index is 0.0501. The summed E-state index contributed by atoms with van der Waals surface area (Å²) in [6, 6.07) is 0. The van der Waals surface area contributed by atoms with E-state index in [2.05, 4.69) is 11.7 Å². The van der Waals surface area contributed by atoms with Crippen LogP contribution in [0.15, 0.2) is 0 Å². The van der Waals surface area contributed by atoms with Crippen molar-refractivity contribution in [3.05, 3.63) is 6.92 Å². The Bertz CT molecular complexity index is 217. The Morgan fingerprint density at radius 2 is 2.09 bits per heavy atom. The third-order valence-electron chi connectivity index (χ3n) is 0.808. The van der Waals surface area contributed by atoms with Crippen molar-refractivity contribution in [2.24, 2.45) is 0 Å². The van der Waals surface area contributed by atoms with Crippen LogP contribution in [0, 0.1) is 6.92 Å². The molecule has 0 aliphatic carbocycles.